The van der Waals surface area contributed by atoms with E-state index < -0.39 is 17.9 Å². The normalized spacial score (nSPS) is 15.5. The maximum atomic E-state index is 12.1. The number of imide groups is 1. The number of rotatable bonds is 5. The third-order valence-corrected chi connectivity index (χ3v) is 3.73. The minimum atomic E-state index is -1.12. The maximum Gasteiger partial charge on any atom is 0.404 e. The third-order valence-electron chi connectivity index (χ3n) is 3.73. The van der Waals surface area contributed by atoms with Crippen molar-refractivity contribution in [1.29, 1.82) is 0 Å². The van der Waals surface area contributed by atoms with E-state index in [-0.39, 0.29) is 18.1 Å². The summed E-state index contributed by atoms with van der Waals surface area (Å²) in [4.78, 5) is 40.4. The van der Waals surface area contributed by atoms with Gasteiger partial charge in [-0.05, 0) is 24.0 Å². The number of benzene rings is 1. The van der Waals surface area contributed by atoms with Crippen molar-refractivity contribution < 1.29 is 24.3 Å². The minimum absolute atomic E-state index is 0.0493. The summed E-state index contributed by atoms with van der Waals surface area (Å²) >= 11 is 0. The lowest BCUT2D eigenvalue weighted by Gasteiger charge is -2.30. The van der Waals surface area contributed by atoms with Crippen molar-refractivity contribution in [1.82, 2.24) is 10.4 Å². The minimum Gasteiger partial charge on any atom is -0.465 e. The number of carbonyl (C=O) groups excluding carboxylic acids is 2. The van der Waals surface area contributed by atoms with Gasteiger partial charge < -0.3 is 10.4 Å². The second kappa shape index (κ2) is 6.37. The van der Waals surface area contributed by atoms with Crippen LogP contribution in [0, 0.1) is 5.41 Å². The number of fused-ring (bicyclic) bond motifs is 1. The van der Waals surface area contributed by atoms with E-state index in [0.29, 0.717) is 17.5 Å². The van der Waals surface area contributed by atoms with Gasteiger partial charge in [0.05, 0.1) is 17.7 Å². The summed E-state index contributed by atoms with van der Waals surface area (Å²) < 4.78 is 0. The largest absolute Gasteiger partial charge is 0.465 e. The second-order valence-corrected chi connectivity index (χ2v) is 6.44. The van der Waals surface area contributed by atoms with Crippen LogP contribution in [0.1, 0.15) is 47.9 Å². The Morgan fingerprint density at radius 2 is 1.74 bits per heavy atom. The number of amides is 3. The van der Waals surface area contributed by atoms with Gasteiger partial charge in [0.2, 0.25) is 0 Å². The summed E-state index contributed by atoms with van der Waals surface area (Å²) in [6, 6.07) is 6.14. The Balaban J connectivity index is 1.98. The van der Waals surface area contributed by atoms with Gasteiger partial charge in [-0.1, -0.05) is 32.9 Å². The standard InChI is InChI=1S/C16H20N2O5/c1-16(2,3)12(17-15(21)22)8-9-23-18-13(19)10-6-4-5-7-11(10)14(18)20/h4-7,12,17H,8-9H2,1-3H3,(H,21,22). The van der Waals surface area contributed by atoms with Crippen molar-refractivity contribution >= 4 is 17.9 Å². The van der Waals surface area contributed by atoms with Crippen molar-refractivity contribution in [2.75, 3.05) is 6.61 Å². The Labute approximate surface area is 134 Å². The lowest BCUT2D eigenvalue weighted by Crippen LogP contribution is -2.44. The number of hydrogen-bond donors (Lipinski definition) is 2. The quantitative estimate of drug-likeness (QED) is 0.811. The van der Waals surface area contributed by atoms with Crippen molar-refractivity contribution in [3.8, 4) is 0 Å². The van der Waals surface area contributed by atoms with Crippen molar-refractivity contribution in [2.24, 2.45) is 5.41 Å². The molecule has 1 atom stereocenters. The smallest absolute Gasteiger partial charge is 0.404 e. The van der Waals surface area contributed by atoms with E-state index in [2.05, 4.69) is 5.32 Å². The molecule has 0 radical (unpaired) electrons. The SMILES string of the molecule is CC(C)(C)C(CCON1C(=O)c2ccccc2C1=O)NC(=O)O. The van der Waals surface area contributed by atoms with E-state index in [4.69, 9.17) is 9.94 Å². The summed E-state index contributed by atoms with van der Waals surface area (Å²) in [7, 11) is 0. The Hall–Kier alpha value is -2.41. The Bertz CT molecular complexity index is 601. The first kappa shape index (κ1) is 17.0. The molecule has 1 aliphatic heterocycles. The molecule has 0 aromatic heterocycles. The summed E-state index contributed by atoms with van der Waals surface area (Å²) in [6.45, 7) is 5.74. The Morgan fingerprint density at radius 3 is 2.17 bits per heavy atom. The van der Waals surface area contributed by atoms with Crippen LogP contribution in [0.15, 0.2) is 24.3 Å². The molecule has 0 aliphatic carbocycles. The summed E-state index contributed by atoms with van der Waals surface area (Å²) in [6.07, 6.45) is -0.783. The van der Waals surface area contributed by atoms with Crippen LogP contribution < -0.4 is 5.32 Å². The highest BCUT2D eigenvalue weighted by Gasteiger charge is 2.37. The van der Waals surface area contributed by atoms with Crippen molar-refractivity contribution in [3.63, 3.8) is 0 Å². The maximum absolute atomic E-state index is 12.1. The molecule has 7 heteroatoms. The van der Waals surface area contributed by atoms with Gasteiger partial charge in [-0.3, -0.25) is 14.4 Å². The molecule has 3 amide bonds. The fourth-order valence-electron chi connectivity index (χ4n) is 2.42. The zero-order chi connectivity index (χ0) is 17.2. The molecule has 1 aromatic carbocycles. The van der Waals surface area contributed by atoms with E-state index in [9.17, 15) is 14.4 Å². The average Bonchev–Trinajstić information content (AvgIpc) is 2.70. The summed E-state index contributed by atoms with van der Waals surface area (Å²) in [5.74, 6) is -0.992. The molecule has 124 valence electrons. The van der Waals surface area contributed by atoms with Crippen LogP contribution in [-0.4, -0.2) is 40.7 Å². The van der Waals surface area contributed by atoms with Gasteiger partial charge in [0.1, 0.15) is 0 Å². The molecule has 7 nitrogen and oxygen atoms in total. The van der Waals surface area contributed by atoms with Gasteiger partial charge in [-0.25, -0.2) is 4.79 Å². The molecule has 0 saturated heterocycles. The highest BCUT2D eigenvalue weighted by molar-refractivity contribution is 6.20. The highest BCUT2D eigenvalue weighted by atomic mass is 16.7. The van der Waals surface area contributed by atoms with E-state index in [1.54, 1.807) is 24.3 Å². The number of nitrogens with zero attached hydrogens (tertiary/aromatic N) is 1. The molecule has 1 heterocycles. The molecule has 2 rings (SSSR count). The van der Waals surface area contributed by atoms with Crippen LogP contribution in [0.5, 0.6) is 0 Å². The molecule has 0 fully saturated rings. The van der Waals surface area contributed by atoms with E-state index in [0.717, 1.165) is 5.06 Å². The molecule has 1 aliphatic rings. The van der Waals surface area contributed by atoms with Crippen LogP contribution in [0.3, 0.4) is 0 Å². The van der Waals surface area contributed by atoms with Crippen LogP contribution in [0.2, 0.25) is 0 Å². The zero-order valence-corrected chi connectivity index (χ0v) is 13.3. The van der Waals surface area contributed by atoms with Gasteiger partial charge in [0.25, 0.3) is 11.8 Å². The lowest BCUT2D eigenvalue weighted by atomic mass is 9.85. The molecule has 2 N–H and O–H groups in total. The van der Waals surface area contributed by atoms with Crippen LogP contribution in [-0.2, 0) is 4.84 Å². The van der Waals surface area contributed by atoms with Crippen LogP contribution in [0.25, 0.3) is 0 Å². The van der Waals surface area contributed by atoms with E-state index >= 15 is 0 Å². The summed E-state index contributed by atoms with van der Waals surface area (Å²) in [5, 5.41) is 12.1. The topological polar surface area (TPSA) is 95.9 Å². The lowest BCUT2D eigenvalue weighted by molar-refractivity contribution is -0.0951. The van der Waals surface area contributed by atoms with Gasteiger partial charge in [-0.15, -0.1) is 5.06 Å². The van der Waals surface area contributed by atoms with Gasteiger partial charge >= 0.3 is 6.09 Å². The first-order chi connectivity index (χ1) is 10.7. The van der Waals surface area contributed by atoms with Crippen molar-refractivity contribution in [2.45, 2.75) is 33.2 Å². The van der Waals surface area contributed by atoms with E-state index in [1.807, 2.05) is 20.8 Å². The Kier molecular flexibility index (Phi) is 4.70. The van der Waals surface area contributed by atoms with Crippen molar-refractivity contribution in [3.05, 3.63) is 35.4 Å². The monoisotopic (exact) mass is 320 g/mol. The predicted octanol–water partition coefficient (Wildman–Crippen LogP) is 2.29. The van der Waals surface area contributed by atoms with E-state index in [1.165, 1.54) is 0 Å². The molecule has 0 saturated carbocycles. The molecular formula is C16H20N2O5. The number of nitrogens with one attached hydrogen (secondary N) is 1. The number of carbonyl (C=O) groups is 3. The molecule has 1 aromatic rings. The first-order valence-corrected chi connectivity index (χ1v) is 7.32. The van der Waals surface area contributed by atoms with Gasteiger partial charge in [0.15, 0.2) is 0 Å². The summed E-state index contributed by atoms with van der Waals surface area (Å²) in [5.41, 5.74) is 0.311. The van der Waals surface area contributed by atoms with Crippen LogP contribution in [0.4, 0.5) is 4.79 Å². The Morgan fingerprint density at radius 1 is 1.22 bits per heavy atom. The predicted molar refractivity (Wildman–Crippen MR) is 81.9 cm³/mol. The van der Waals surface area contributed by atoms with Crippen LogP contribution >= 0.6 is 0 Å². The molecule has 23 heavy (non-hydrogen) atoms. The fourth-order valence-corrected chi connectivity index (χ4v) is 2.42. The number of hydroxylamine groups is 2. The first-order valence-electron chi connectivity index (χ1n) is 7.32. The zero-order valence-electron chi connectivity index (χ0n) is 13.3. The molecule has 0 bridgehead atoms. The molecule has 0 spiro atoms. The van der Waals surface area contributed by atoms with Gasteiger partial charge in [-0.2, -0.15) is 0 Å². The average molecular weight is 320 g/mol. The fraction of sp³-hybridized carbons (Fsp3) is 0.438. The molecular weight excluding hydrogens is 300 g/mol. The molecule has 1 unspecified atom stereocenters. The highest BCUT2D eigenvalue weighted by Crippen LogP contribution is 2.24. The second-order valence-electron chi connectivity index (χ2n) is 6.44. The number of hydrogen-bond acceptors (Lipinski definition) is 4. The third kappa shape index (κ3) is 3.68. The van der Waals surface area contributed by atoms with Gasteiger partial charge in [0, 0.05) is 6.04 Å². The number of carboxylic acid groups (broad SMARTS) is 1.